The fraction of sp³-hybridized carbons (Fsp3) is 0.111. The van der Waals surface area contributed by atoms with Gasteiger partial charge in [-0.3, -0.25) is 7.91 Å². The Morgan fingerprint density at radius 2 is 2.08 bits per heavy atom. The summed E-state index contributed by atoms with van der Waals surface area (Å²) in [6.45, 7) is 0.105. The molecule has 0 bridgehead atoms. The van der Waals surface area contributed by atoms with Gasteiger partial charge in [0, 0.05) is 5.56 Å². The third-order valence-electron chi connectivity index (χ3n) is 1.45. The van der Waals surface area contributed by atoms with Gasteiger partial charge < -0.3 is 0 Å². The van der Waals surface area contributed by atoms with E-state index in [1.165, 1.54) is 3.11 Å². The summed E-state index contributed by atoms with van der Waals surface area (Å²) in [7, 11) is 0. The zero-order chi connectivity index (χ0) is 9.68. The fourth-order valence-electron chi connectivity index (χ4n) is 0.855. The molecule has 1 amide bonds. The summed E-state index contributed by atoms with van der Waals surface area (Å²) in [4.78, 5) is 11.5. The summed E-state index contributed by atoms with van der Waals surface area (Å²) in [5.74, 6) is -0.136. The van der Waals surface area contributed by atoms with E-state index in [0.29, 0.717) is 5.56 Å². The average molecular weight is 286 g/mol. The highest BCUT2D eigenvalue weighted by Crippen LogP contribution is 2.07. The van der Waals surface area contributed by atoms with Gasteiger partial charge in [0.15, 0.2) is 0 Å². The predicted molar refractivity (Wildman–Crippen MR) is 57.1 cm³/mol. The van der Waals surface area contributed by atoms with Gasteiger partial charge in [0.1, 0.15) is 6.54 Å². The number of amides is 1. The second-order valence-corrected chi connectivity index (χ2v) is 3.51. The predicted octanol–water partition coefficient (Wildman–Crippen LogP) is 2.00. The van der Waals surface area contributed by atoms with Crippen molar-refractivity contribution in [3.05, 3.63) is 35.9 Å². The van der Waals surface area contributed by atoms with Crippen molar-refractivity contribution in [2.24, 2.45) is 0 Å². The number of hydrogen-bond acceptors (Lipinski definition) is 2. The van der Waals surface area contributed by atoms with Crippen LogP contribution in [0.3, 0.4) is 0 Å². The van der Waals surface area contributed by atoms with Crippen molar-refractivity contribution in [2.45, 2.75) is 0 Å². The van der Waals surface area contributed by atoms with E-state index in [2.05, 4.69) is 0 Å². The normalized spacial score (nSPS) is 8.92. The minimum absolute atomic E-state index is 0.105. The summed E-state index contributed by atoms with van der Waals surface area (Å²) < 4.78 is 1.35. The van der Waals surface area contributed by atoms with Gasteiger partial charge in [-0.25, -0.2) is 0 Å². The summed E-state index contributed by atoms with van der Waals surface area (Å²) >= 11 is 1.83. The zero-order valence-electron chi connectivity index (χ0n) is 6.77. The summed E-state index contributed by atoms with van der Waals surface area (Å²) in [6, 6.07) is 10.8. The number of halogens is 1. The maximum atomic E-state index is 11.5. The molecule has 0 radical (unpaired) electrons. The molecule has 4 heteroatoms. The molecule has 13 heavy (non-hydrogen) atoms. The highest BCUT2D eigenvalue weighted by molar-refractivity contribution is 14.1. The Hall–Kier alpha value is -1.09. The van der Waals surface area contributed by atoms with Crippen LogP contribution in [-0.4, -0.2) is 15.6 Å². The van der Waals surface area contributed by atoms with Gasteiger partial charge in [-0.05, 0) is 12.1 Å². The average Bonchev–Trinajstić information content (AvgIpc) is 2.18. The van der Waals surface area contributed by atoms with Crippen molar-refractivity contribution in [1.82, 2.24) is 3.11 Å². The first-order valence-electron chi connectivity index (χ1n) is 3.65. The van der Waals surface area contributed by atoms with E-state index in [9.17, 15) is 4.79 Å². The maximum Gasteiger partial charge on any atom is 0.263 e. The quantitative estimate of drug-likeness (QED) is 0.474. The van der Waals surface area contributed by atoms with Crippen molar-refractivity contribution in [3.8, 4) is 6.07 Å². The van der Waals surface area contributed by atoms with E-state index in [0.717, 1.165) is 0 Å². The number of rotatable bonds is 2. The van der Waals surface area contributed by atoms with Crippen LogP contribution in [0.2, 0.25) is 0 Å². The van der Waals surface area contributed by atoms with Crippen molar-refractivity contribution in [2.75, 3.05) is 6.54 Å². The Labute approximate surface area is 90.5 Å². The minimum Gasteiger partial charge on any atom is -0.268 e. The van der Waals surface area contributed by atoms with Gasteiger partial charge in [0.2, 0.25) is 0 Å². The smallest absolute Gasteiger partial charge is 0.263 e. The number of carbonyl (C=O) groups is 1. The molecule has 0 aliphatic rings. The van der Waals surface area contributed by atoms with E-state index in [4.69, 9.17) is 5.26 Å². The molecule has 0 saturated heterocycles. The molecule has 0 spiro atoms. The molecule has 0 aromatic heterocycles. The highest BCUT2D eigenvalue weighted by atomic mass is 127. The fourth-order valence-corrected chi connectivity index (χ4v) is 1.29. The number of hydrogen-bond donors (Lipinski definition) is 0. The van der Waals surface area contributed by atoms with Gasteiger partial charge in [-0.15, -0.1) is 0 Å². The topological polar surface area (TPSA) is 44.1 Å². The lowest BCUT2D eigenvalue weighted by atomic mass is 10.2. The molecule has 0 aliphatic heterocycles. The first kappa shape index (κ1) is 9.99. The van der Waals surface area contributed by atoms with E-state index in [1.807, 2.05) is 35.0 Å². The SMILES string of the molecule is N#CCN(I)C(=O)c1ccccc1. The third kappa shape index (κ3) is 2.70. The molecule has 1 aromatic carbocycles. The van der Waals surface area contributed by atoms with E-state index < -0.39 is 0 Å². The van der Waals surface area contributed by atoms with Gasteiger partial charge in [0.05, 0.1) is 28.9 Å². The largest absolute Gasteiger partial charge is 0.268 e. The Morgan fingerprint density at radius 1 is 1.46 bits per heavy atom. The van der Waals surface area contributed by atoms with Crippen LogP contribution in [0.5, 0.6) is 0 Å². The number of carbonyl (C=O) groups excluding carboxylic acids is 1. The van der Waals surface area contributed by atoms with Gasteiger partial charge in [0.25, 0.3) is 5.91 Å². The third-order valence-corrected chi connectivity index (χ3v) is 2.23. The van der Waals surface area contributed by atoms with Crippen LogP contribution in [-0.2, 0) is 0 Å². The Bertz CT molecular complexity index is 331. The maximum absolute atomic E-state index is 11.5. The first-order chi connectivity index (χ1) is 6.25. The Balaban J connectivity index is 2.75. The summed E-state index contributed by atoms with van der Waals surface area (Å²) in [5.41, 5.74) is 0.604. The van der Waals surface area contributed by atoms with Crippen LogP contribution in [0, 0.1) is 11.3 Å². The monoisotopic (exact) mass is 286 g/mol. The van der Waals surface area contributed by atoms with E-state index in [1.54, 1.807) is 24.3 Å². The number of nitriles is 1. The molecular weight excluding hydrogens is 279 g/mol. The van der Waals surface area contributed by atoms with Crippen molar-refractivity contribution in [1.29, 1.82) is 5.26 Å². The van der Waals surface area contributed by atoms with Crippen LogP contribution >= 0.6 is 22.9 Å². The molecule has 1 rings (SSSR count). The van der Waals surface area contributed by atoms with E-state index >= 15 is 0 Å². The van der Waals surface area contributed by atoms with Gasteiger partial charge in [-0.2, -0.15) is 5.26 Å². The molecular formula is C9H7IN2O. The second-order valence-electron chi connectivity index (χ2n) is 2.35. The standard InChI is InChI=1S/C9H7IN2O/c10-12(7-6-11)9(13)8-4-2-1-3-5-8/h1-5H,7H2. The lowest BCUT2D eigenvalue weighted by Crippen LogP contribution is -2.20. The molecule has 1 aromatic rings. The first-order valence-corrected chi connectivity index (χ1v) is 4.62. The molecule has 0 aliphatic carbocycles. The minimum atomic E-state index is -0.136. The lowest BCUT2D eigenvalue weighted by molar-refractivity contribution is 0.0897. The molecule has 0 fully saturated rings. The van der Waals surface area contributed by atoms with Gasteiger partial charge in [-0.1, -0.05) is 18.2 Å². The molecule has 0 saturated carbocycles. The van der Waals surface area contributed by atoms with Crippen LogP contribution in [0.1, 0.15) is 10.4 Å². The summed E-state index contributed by atoms with van der Waals surface area (Å²) in [5, 5.41) is 8.38. The second kappa shape index (κ2) is 4.82. The zero-order valence-corrected chi connectivity index (χ0v) is 8.93. The van der Waals surface area contributed by atoms with Crippen LogP contribution in [0.15, 0.2) is 30.3 Å². The van der Waals surface area contributed by atoms with Crippen LogP contribution in [0.4, 0.5) is 0 Å². The molecule has 3 nitrogen and oxygen atoms in total. The molecule has 0 N–H and O–H groups in total. The molecule has 0 heterocycles. The Morgan fingerprint density at radius 3 is 2.62 bits per heavy atom. The molecule has 0 unspecified atom stereocenters. The number of benzene rings is 1. The van der Waals surface area contributed by atoms with Crippen molar-refractivity contribution < 1.29 is 4.79 Å². The highest BCUT2D eigenvalue weighted by Gasteiger charge is 2.11. The molecule has 66 valence electrons. The van der Waals surface area contributed by atoms with Gasteiger partial charge >= 0.3 is 0 Å². The Kier molecular flexibility index (Phi) is 3.71. The number of nitrogens with zero attached hydrogens (tertiary/aromatic N) is 2. The van der Waals surface area contributed by atoms with Crippen molar-refractivity contribution >= 4 is 28.8 Å². The van der Waals surface area contributed by atoms with Crippen LogP contribution < -0.4 is 0 Å². The van der Waals surface area contributed by atoms with Crippen LogP contribution in [0.25, 0.3) is 0 Å². The lowest BCUT2D eigenvalue weighted by Gasteiger charge is -2.09. The summed E-state index contributed by atoms with van der Waals surface area (Å²) in [6.07, 6.45) is 0. The molecule has 0 atom stereocenters. The van der Waals surface area contributed by atoms with E-state index in [-0.39, 0.29) is 12.5 Å². The van der Waals surface area contributed by atoms with Crippen molar-refractivity contribution in [3.63, 3.8) is 0 Å².